The molecule has 3 aliphatic rings. The number of amides is 1. The van der Waals surface area contributed by atoms with Gasteiger partial charge in [-0.15, -0.1) is 0 Å². The number of rotatable bonds is 7. The average molecular weight is 500 g/mol. The van der Waals surface area contributed by atoms with Crippen molar-refractivity contribution in [2.75, 3.05) is 33.3 Å². The Bertz CT molecular complexity index is 1240. The molecular formula is C26H33N3O5S. The molecule has 2 aromatic rings. The topological polar surface area (TPSA) is 89.0 Å². The van der Waals surface area contributed by atoms with Crippen LogP contribution in [0.25, 0.3) is 0 Å². The lowest BCUT2D eigenvalue weighted by atomic mass is 10.0. The molecule has 1 amide bonds. The predicted octanol–water partition coefficient (Wildman–Crippen LogP) is 2.71. The van der Waals surface area contributed by atoms with E-state index in [-0.39, 0.29) is 17.8 Å². The first kappa shape index (κ1) is 24.2. The number of hydrogen-bond donors (Lipinski definition) is 0. The van der Waals surface area contributed by atoms with Crippen molar-refractivity contribution in [3.8, 4) is 5.88 Å². The van der Waals surface area contributed by atoms with E-state index < -0.39 is 16.1 Å². The van der Waals surface area contributed by atoms with E-state index in [4.69, 9.17) is 9.47 Å². The van der Waals surface area contributed by atoms with Crippen LogP contribution in [0.5, 0.6) is 5.88 Å². The SMILES string of the molecule is COC1CN(C(=O)c2cc(C)ccc2C)CC1Oc1cc(CS(=O)(=O)N2CC3CC3C2)cc(C)n1. The molecule has 2 saturated heterocycles. The number of carbonyl (C=O) groups is 1. The van der Waals surface area contributed by atoms with Gasteiger partial charge in [0.2, 0.25) is 15.9 Å². The number of methoxy groups -OCH3 is 1. The van der Waals surface area contributed by atoms with E-state index in [0.717, 1.165) is 17.5 Å². The Morgan fingerprint density at radius 2 is 1.74 bits per heavy atom. The number of aryl methyl sites for hydroxylation is 3. The van der Waals surface area contributed by atoms with Crippen molar-refractivity contribution in [2.45, 2.75) is 45.2 Å². The second kappa shape index (κ2) is 9.19. The minimum Gasteiger partial charge on any atom is -0.470 e. The van der Waals surface area contributed by atoms with Crippen LogP contribution in [0.15, 0.2) is 30.3 Å². The fraction of sp³-hybridized carbons (Fsp3) is 0.538. The summed E-state index contributed by atoms with van der Waals surface area (Å²) >= 11 is 0. The van der Waals surface area contributed by atoms with Crippen molar-refractivity contribution in [1.82, 2.24) is 14.2 Å². The predicted molar refractivity (Wildman–Crippen MR) is 132 cm³/mol. The van der Waals surface area contributed by atoms with Gasteiger partial charge in [-0.05, 0) is 62.3 Å². The van der Waals surface area contributed by atoms with Gasteiger partial charge >= 0.3 is 0 Å². The number of benzene rings is 1. The summed E-state index contributed by atoms with van der Waals surface area (Å²) in [6.45, 7) is 7.79. The average Bonchev–Trinajstić information content (AvgIpc) is 3.20. The molecule has 0 spiro atoms. The summed E-state index contributed by atoms with van der Waals surface area (Å²) in [4.78, 5) is 19.5. The Kier molecular flexibility index (Phi) is 6.35. The minimum atomic E-state index is -3.38. The van der Waals surface area contributed by atoms with Gasteiger partial charge in [0.25, 0.3) is 5.91 Å². The van der Waals surface area contributed by atoms with Crippen LogP contribution in [0.1, 0.15) is 39.2 Å². The maximum Gasteiger partial charge on any atom is 0.254 e. The lowest BCUT2D eigenvalue weighted by molar-refractivity contribution is 0.0318. The first-order valence-corrected chi connectivity index (χ1v) is 13.7. The molecule has 0 radical (unpaired) electrons. The van der Waals surface area contributed by atoms with E-state index >= 15 is 0 Å². The highest BCUT2D eigenvalue weighted by atomic mass is 32.2. The van der Waals surface area contributed by atoms with Gasteiger partial charge < -0.3 is 14.4 Å². The van der Waals surface area contributed by atoms with E-state index in [1.807, 2.05) is 39.0 Å². The Balaban J connectivity index is 1.29. The van der Waals surface area contributed by atoms with Crippen LogP contribution in [-0.2, 0) is 20.5 Å². The largest absolute Gasteiger partial charge is 0.470 e. The molecule has 4 atom stereocenters. The van der Waals surface area contributed by atoms with E-state index in [1.165, 1.54) is 0 Å². The molecule has 2 aliphatic heterocycles. The van der Waals surface area contributed by atoms with Gasteiger partial charge in [0.15, 0.2) is 0 Å². The van der Waals surface area contributed by atoms with Crippen LogP contribution in [-0.4, -0.2) is 74.0 Å². The summed E-state index contributed by atoms with van der Waals surface area (Å²) in [5.41, 5.74) is 3.99. The maximum atomic E-state index is 13.2. The third kappa shape index (κ3) is 5.08. The number of fused-ring (bicyclic) bond motifs is 1. The number of hydrogen-bond acceptors (Lipinski definition) is 6. The van der Waals surface area contributed by atoms with Crippen molar-refractivity contribution >= 4 is 15.9 Å². The van der Waals surface area contributed by atoms with Gasteiger partial charge in [-0.2, -0.15) is 0 Å². The minimum absolute atomic E-state index is 0.0491. The lowest BCUT2D eigenvalue weighted by Crippen LogP contribution is -2.33. The van der Waals surface area contributed by atoms with E-state index in [2.05, 4.69) is 4.98 Å². The Morgan fingerprint density at radius 3 is 2.46 bits per heavy atom. The van der Waals surface area contributed by atoms with Crippen LogP contribution >= 0.6 is 0 Å². The zero-order valence-electron chi connectivity index (χ0n) is 20.7. The second-order valence-electron chi connectivity index (χ2n) is 10.2. The molecule has 1 aliphatic carbocycles. The highest BCUT2D eigenvalue weighted by molar-refractivity contribution is 7.88. The van der Waals surface area contributed by atoms with Gasteiger partial charge in [-0.25, -0.2) is 17.7 Å². The summed E-state index contributed by atoms with van der Waals surface area (Å²) in [7, 11) is -1.77. The molecule has 4 unspecified atom stereocenters. The van der Waals surface area contributed by atoms with Crippen molar-refractivity contribution in [3.05, 3.63) is 58.3 Å². The number of sulfonamides is 1. The summed E-state index contributed by atoms with van der Waals surface area (Å²) in [6, 6.07) is 9.35. The fourth-order valence-electron chi connectivity index (χ4n) is 5.28. The Labute approximate surface area is 207 Å². The van der Waals surface area contributed by atoms with Gasteiger partial charge in [-0.1, -0.05) is 17.7 Å². The van der Waals surface area contributed by atoms with E-state index in [0.29, 0.717) is 60.7 Å². The molecule has 8 nitrogen and oxygen atoms in total. The molecular weight excluding hydrogens is 466 g/mol. The van der Waals surface area contributed by atoms with E-state index in [9.17, 15) is 13.2 Å². The monoisotopic (exact) mass is 499 g/mol. The van der Waals surface area contributed by atoms with Crippen molar-refractivity contribution in [2.24, 2.45) is 11.8 Å². The van der Waals surface area contributed by atoms with Crippen LogP contribution < -0.4 is 4.74 Å². The van der Waals surface area contributed by atoms with Crippen LogP contribution in [0.4, 0.5) is 0 Å². The van der Waals surface area contributed by atoms with E-state index in [1.54, 1.807) is 28.4 Å². The normalized spacial score (nSPS) is 26.1. The first-order chi connectivity index (χ1) is 16.6. The van der Waals surface area contributed by atoms with Gasteiger partial charge in [-0.3, -0.25) is 4.79 Å². The quantitative estimate of drug-likeness (QED) is 0.582. The van der Waals surface area contributed by atoms with Gasteiger partial charge in [0.05, 0.1) is 18.8 Å². The second-order valence-corrected chi connectivity index (χ2v) is 12.2. The zero-order valence-corrected chi connectivity index (χ0v) is 21.5. The number of nitrogens with zero attached hydrogens (tertiary/aromatic N) is 3. The standard InChI is InChI=1S/C26H33N3O5S/c1-16-5-6-17(2)22(7-16)26(30)28-13-23(33-4)24(14-28)34-25-9-19(8-18(3)27-25)15-35(31,32)29-11-20-10-21(20)12-29/h5-9,20-21,23-24H,10-15H2,1-4H3. The van der Waals surface area contributed by atoms with Crippen molar-refractivity contribution < 1.29 is 22.7 Å². The third-order valence-corrected chi connectivity index (χ3v) is 9.16. The highest BCUT2D eigenvalue weighted by Gasteiger charge is 2.48. The van der Waals surface area contributed by atoms with Crippen molar-refractivity contribution in [1.29, 1.82) is 0 Å². The first-order valence-electron chi connectivity index (χ1n) is 12.1. The van der Waals surface area contributed by atoms with Crippen LogP contribution in [0.2, 0.25) is 0 Å². The lowest BCUT2D eigenvalue weighted by Gasteiger charge is -2.20. The zero-order chi connectivity index (χ0) is 24.9. The molecule has 1 aromatic heterocycles. The number of likely N-dealkylation sites (tertiary alicyclic amines) is 1. The number of piperidine rings is 1. The molecule has 188 valence electrons. The fourth-order valence-corrected chi connectivity index (χ4v) is 6.88. The summed E-state index contributed by atoms with van der Waals surface area (Å²) in [6.07, 6.45) is 0.442. The van der Waals surface area contributed by atoms with Gasteiger partial charge in [0, 0.05) is 37.5 Å². The highest BCUT2D eigenvalue weighted by Crippen LogP contribution is 2.46. The molecule has 3 fully saturated rings. The number of aromatic nitrogens is 1. The molecule has 5 rings (SSSR count). The molecule has 0 N–H and O–H groups in total. The van der Waals surface area contributed by atoms with Crippen LogP contribution in [0, 0.1) is 32.6 Å². The third-order valence-electron chi connectivity index (χ3n) is 7.38. The summed E-state index contributed by atoms with van der Waals surface area (Å²) in [5.74, 6) is 1.33. The molecule has 1 aromatic carbocycles. The van der Waals surface area contributed by atoms with Crippen LogP contribution in [0.3, 0.4) is 0 Å². The molecule has 1 saturated carbocycles. The van der Waals surface area contributed by atoms with Gasteiger partial charge in [0.1, 0.15) is 12.2 Å². The molecule has 35 heavy (non-hydrogen) atoms. The summed E-state index contributed by atoms with van der Waals surface area (Å²) in [5, 5.41) is 0. The molecule has 3 heterocycles. The maximum absolute atomic E-state index is 13.2. The summed E-state index contributed by atoms with van der Waals surface area (Å²) < 4.78 is 39.3. The molecule has 9 heteroatoms. The smallest absolute Gasteiger partial charge is 0.254 e. The molecule has 0 bridgehead atoms. The Morgan fingerprint density at radius 1 is 1.03 bits per heavy atom. The van der Waals surface area contributed by atoms with Crippen molar-refractivity contribution in [3.63, 3.8) is 0 Å². The number of carbonyl (C=O) groups excluding carboxylic acids is 1. The number of ether oxygens (including phenoxy) is 2. The number of pyridine rings is 1. The Hall–Kier alpha value is -2.49.